The number of benzene rings is 1. The Morgan fingerprint density at radius 3 is 2.90 bits per heavy atom. The third-order valence-corrected chi connectivity index (χ3v) is 3.88. The number of amides is 2. The van der Waals surface area contributed by atoms with E-state index in [-0.39, 0.29) is 12.5 Å². The van der Waals surface area contributed by atoms with Gasteiger partial charge in [-0.3, -0.25) is 4.79 Å². The highest BCUT2D eigenvalue weighted by molar-refractivity contribution is 14.1. The van der Waals surface area contributed by atoms with E-state index in [2.05, 4.69) is 27.9 Å². The Morgan fingerprint density at radius 1 is 1.45 bits per heavy atom. The highest BCUT2D eigenvalue weighted by Gasteiger charge is 2.26. The smallest absolute Gasteiger partial charge is 0.322 e. The number of anilines is 1. The number of halogens is 1. The van der Waals surface area contributed by atoms with Crippen LogP contribution in [0.2, 0.25) is 0 Å². The molecule has 0 aromatic heterocycles. The summed E-state index contributed by atoms with van der Waals surface area (Å²) in [4.78, 5) is 24.4. The van der Waals surface area contributed by atoms with Crippen LogP contribution in [0.4, 0.5) is 10.5 Å². The zero-order valence-corrected chi connectivity index (χ0v) is 12.9. The second-order valence-corrected chi connectivity index (χ2v) is 5.61. The van der Waals surface area contributed by atoms with Gasteiger partial charge in [-0.25, -0.2) is 4.79 Å². The highest BCUT2D eigenvalue weighted by Crippen LogP contribution is 2.18. The van der Waals surface area contributed by atoms with Crippen LogP contribution in [0.1, 0.15) is 6.42 Å². The van der Waals surface area contributed by atoms with Gasteiger partial charge >= 0.3 is 12.0 Å². The van der Waals surface area contributed by atoms with Crippen LogP contribution in [0.5, 0.6) is 0 Å². The molecule has 1 aromatic carbocycles. The second kappa shape index (κ2) is 6.89. The maximum Gasteiger partial charge on any atom is 0.322 e. The number of nitrogens with zero attached hydrogens (tertiary/aromatic N) is 1. The summed E-state index contributed by atoms with van der Waals surface area (Å²) in [5, 5.41) is 11.6. The Bertz CT molecular complexity index is 509. The van der Waals surface area contributed by atoms with Crippen LogP contribution < -0.4 is 5.32 Å². The number of urea groups is 1. The number of carboxylic acids is 1. The number of ether oxygens (including phenoxy) is 1. The molecule has 0 bridgehead atoms. The lowest BCUT2D eigenvalue weighted by molar-refractivity contribution is -0.141. The van der Waals surface area contributed by atoms with Crippen LogP contribution in [0.25, 0.3) is 0 Å². The number of hydrogen-bond donors (Lipinski definition) is 2. The number of hydrogen-bond acceptors (Lipinski definition) is 3. The lowest BCUT2D eigenvalue weighted by Crippen LogP contribution is -2.48. The molecule has 108 valence electrons. The average Bonchev–Trinajstić information content (AvgIpc) is 2.41. The second-order valence-electron chi connectivity index (χ2n) is 4.45. The summed E-state index contributed by atoms with van der Waals surface area (Å²) in [6, 6.07) is 7.25. The van der Waals surface area contributed by atoms with Crippen LogP contribution in [-0.2, 0) is 9.53 Å². The van der Waals surface area contributed by atoms with Crippen LogP contribution in [0.15, 0.2) is 24.3 Å². The number of rotatable bonds is 3. The van der Waals surface area contributed by atoms with Crippen molar-refractivity contribution in [1.82, 2.24) is 4.90 Å². The monoisotopic (exact) mass is 390 g/mol. The molecule has 0 radical (unpaired) electrons. The van der Waals surface area contributed by atoms with Crippen molar-refractivity contribution in [3.8, 4) is 0 Å². The van der Waals surface area contributed by atoms with E-state index in [0.717, 1.165) is 9.26 Å². The molecule has 1 fully saturated rings. The van der Waals surface area contributed by atoms with Crippen molar-refractivity contribution in [2.24, 2.45) is 0 Å². The number of nitrogens with one attached hydrogen (secondary N) is 1. The standard InChI is InChI=1S/C13H15IN2O4/c14-10-3-1-2-4-11(10)15-13(19)16-5-6-20-9(8-16)7-12(17)18/h1-4,9H,5-8H2,(H,15,19)(H,17,18). The van der Waals surface area contributed by atoms with Crippen molar-refractivity contribution in [3.63, 3.8) is 0 Å². The molecule has 2 amide bonds. The molecule has 7 heteroatoms. The fraction of sp³-hybridized carbons (Fsp3) is 0.385. The van der Waals surface area contributed by atoms with Crippen LogP contribution in [-0.4, -0.2) is 47.8 Å². The Morgan fingerprint density at radius 2 is 2.20 bits per heavy atom. The molecule has 1 heterocycles. The lowest BCUT2D eigenvalue weighted by atomic mass is 10.2. The number of para-hydroxylation sites is 1. The topological polar surface area (TPSA) is 78.9 Å². The zero-order chi connectivity index (χ0) is 14.5. The third kappa shape index (κ3) is 4.07. The van der Waals surface area contributed by atoms with E-state index in [1.165, 1.54) is 0 Å². The molecule has 1 aromatic rings. The van der Waals surface area contributed by atoms with Gasteiger partial charge in [0.2, 0.25) is 0 Å². The molecule has 2 rings (SSSR count). The summed E-state index contributed by atoms with van der Waals surface area (Å²) in [6.07, 6.45) is -0.533. The van der Waals surface area contributed by atoms with Gasteiger partial charge in [0.15, 0.2) is 0 Å². The Balaban J connectivity index is 1.95. The van der Waals surface area contributed by atoms with Gasteiger partial charge in [0.1, 0.15) is 0 Å². The third-order valence-electron chi connectivity index (χ3n) is 2.94. The average molecular weight is 390 g/mol. The largest absolute Gasteiger partial charge is 0.481 e. The minimum atomic E-state index is -0.921. The van der Waals surface area contributed by atoms with E-state index in [9.17, 15) is 9.59 Å². The summed E-state index contributed by atoms with van der Waals surface area (Å²) >= 11 is 2.15. The molecule has 1 saturated heterocycles. The number of carbonyl (C=O) groups is 2. The predicted molar refractivity (Wildman–Crippen MR) is 81.7 cm³/mol. The van der Waals surface area contributed by atoms with E-state index in [1.807, 2.05) is 24.3 Å². The van der Waals surface area contributed by atoms with E-state index < -0.39 is 12.1 Å². The molecule has 1 aliphatic rings. The molecule has 2 N–H and O–H groups in total. The number of carboxylic acid groups (broad SMARTS) is 1. The fourth-order valence-corrected chi connectivity index (χ4v) is 2.50. The van der Waals surface area contributed by atoms with Gasteiger partial charge in [-0.05, 0) is 34.7 Å². The maximum atomic E-state index is 12.2. The van der Waals surface area contributed by atoms with Crippen molar-refractivity contribution in [3.05, 3.63) is 27.8 Å². The van der Waals surface area contributed by atoms with Crippen molar-refractivity contribution in [2.45, 2.75) is 12.5 Å². The Kier molecular flexibility index (Phi) is 5.18. The minimum absolute atomic E-state index is 0.0906. The molecular weight excluding hydrogens is 375 g/mol. The lowest BCUT2D eigenvalue weighted by Gasteiger charge is -2.32. The molecule has 1 atom stereocenters. The zero-order valence-electron chi connectivity index (χ0n) is 10.7. The number of morpholine rings is 1. The normalized spacial score (nSPS) is 18.6. The highest BCUT2D eigenvalue weighted by atomic mass is 127. The van der Waals surface area contributed by atoms with E-state index in [1.54, 1.807) is 4.90 Å². The maximum absolute atomic E-state index is 12.2. The molecular formula is C13H15IN2O4. The first kappa shape index (κ1) is 15.0. The Labute approximate surface area is 130 Å². The molecule has 0 saturated carbocycles. The van der Waals surface area contributed by atoms with Crippen molar-refractivity contribution < 1.29 is 19.4 Å². The molecule has 1 unspecified atom stereocenters. The van der Waals surface area contributed by atoms with Gasteiger partial charge in [0.25, 0.3) is 0 Å². The molecule has 0 spiro atoms. The van der Waals surface area contributed by atoms with Crippen molar-refractivity contribution >= 4 is 40.3 Å². The van der Waals surface area contributed by atoms with Gasteiger partial charge in [-0.15, -0.1) is 0 Å². The number of aliphatic carboxylic acids is 1. The first-order chi connectivity index (χ1) is 9.56. The SMILES string of the molecule is O=C(O)CC1CN(C(=O)Nc2ccccc2I)CCO1. The van der Waals surface area contributed by atoms with Gasteiger partial charge in [0.05, 0.1) is 24.8 Å². The quantitative estimate of drug-likeness (QED) is 0.774. The molecule has 1 aliphatic heterocycles. The Hall–Kier alpha value is -1.35. The minimum Gasteiger partial charge on any atom is -0.481 e. The number of carbonyl (C=O) groups excluding carboxylic acids is 1. The summed E-state index contributed by atoms with van der Waals surface area (Å²) < 4.78 is 6.29. The van der Waals surface area contributed by atoms with Crippen LogP contribution in [0.3, 0.4) is 0 Å². The molecule has 0 aliphatic carbocycles. The van der Waals surface area contributed by atoms with E-state index in [4.69, 9.17) is 9.84 Å². The van der Waals surface area contributed by atoms with Gasteiger partial charge in [0, 0.05) is 16.7 Å². The summed E-state index contributed by atoms with van der Waals surface area (Å²) in [6.45, 7) is 1.12. The van der Waals surface area contributed by atoms with Gasteiger partial charge < -0.3 is 20.1 Å². The summed E-state index contributed by atoms with van der Waals surface area (Å²) in [5.41, 5.74) is 0.749. The molecule has 6 nitrogen and oxygen atoms in total. The van der Waals surface area contributed by atoms with Crippen molar-refractivity contribution in [2.75, 3.05) is 25.0 Å². The van der Waals surface area contributed by atoms with E-state index >= 15 is 0 Å². The van der Waals surface area contributed by atoms with E-state index in [0.29, 0.717) is 19.7 Å². The first-order valence-electron chi connectivity index (χ1n) is 6.20. The molecule has 20 heavy (non-hydrogen) atoms. The fourth-order valence-electron chi connectivity index (χ4n) is 1.98. The van der Waals surface area contributed by atoms with Gasteiger partial charge in [-0.1, -0.05) is 12.1 Å². The van der Waals surface area contributed by atoms with Crippen molar-refractivity contribution in [1.29, 1.82) is 0 Å². The summed E-state index contributed by atoms with van der Waals surface area (Å²) in [5.74, 6) is -0.921. The van der Waals surface area contributed by atoms with Crippen LogP contribution in [0, 0.1) is 3.57 Å². The predicted octanol–water partition coefficient (Wildman–Crippen LogP) is 2.00. The van der Waals surface area contributed by atoms with Crippen LogP contribution >= 0.6 is 22.6 Å². The summed E-state index contributed by atoms with van der Waals surface area (Å²) in [7, 11) is 0. The van der Waals surface area contributed by atoms with Gasteiger partial charge in [-0.2, -0.15) is 0 Å². The first-order valence-corrected chi connectivity index (χ1v) is 7.28.